The molecule has 0 aliphatic rings. The first-order valence-electron chi connectivity index (χ1n) is 5.69. The maximum absolute atomic E-state index is 11.7. The molecule has 0 saturated carbocycles. The molecule has 1 unspecified atom stereocenters. The number of carbonyl (C=O) groups excluding carboxylic acids is 1. The standard InChI is InChI=1S/C14H14N2O2/c1-11(13-6-2-3-9-15-13)16-14(17)8-7-12-5-4-10-18-12/h2-11H,1H3,(H,16,17)/b8-7+. The van der Waals surface area contributed by atoms with Gasteiger partial charge in [0.25, 0.3) is 0 Å². The maximum Gasteiger partial charge on any atom is 0.244 e. The Balaban J connectivity index is 1.92. The molecule has 0 aliphatic heterocycles. The van der Waals surface area contributed by atoms with Gasteiger partial charge in [-0.1, -0.05) is 6.07 Å². The minimum atomic E-state index is -0.176. The van der Waals surface area contributed by atoms with E-state index in [2.05, 4.69) is 10.3 Å². The van der Waals surface area contributed by atoms with Gasteiger partial charge in [-0.3, -0.25) is 9.78 Å². The predicted octanol–water partition coefficient (Wildman–Crippen LogP) is 2.57. The van der Waals surface area contributed by atoms with E-state index in [1.807, 2.05) is 25.1 Å². The minimum absolute atomic E-state index is 0.125. The summed E-state index contributed by atoms with van der Waals surface area (Å²) in [6.45, 7) is 1.89. The van der Waals surface area contributed by atoms with Crippen LogP contribution in [0.15, 0.2) is 53.3 Å². The van der Waals surface area contributed by atoms with Crippen molar-refractivity contribution in [3.63, 3.8) is 0 Å². The molecule has 1 N–H and O–H groups in total. The van der Waals surface area contributed by atoms with Crippen LogP contribution >= 0.6 is 0 Å². The number of hydrogen-bond acceptors (Lipinski definition) is 3. The van der Waals surface area contributed by atoms with Crippen molar-refractivity contribution in [2.45, 2.75) is 13.0 Å². The second kappa shape index (κ2) is 5.82. The van der Waals surface area contributed by atoms with Crippen molar-refractivity contribution >= 4 is 12.0 Å². The molecule has 2 heterocycles. The van der Waals surface area contributed by atoms with Gasteiger partial charge in [0.1, 0.15) is 5.76 Å². The molecule has 0 spiro atoms. The first-order chi connectivity index (χ1) is 8.75. The topological polar surface area (TPSA) is 55.1 Å². The highest BCUT2D eigenvalue weighted by molar-refractivity contribution is 5.91. The number of furan rings is 1. The van der Waals surface area contributed by atoms with E-state index < -0.39 is 0 Å². The third-order valence-corrected chi connectivity index (χ3v) is 2.43. The highest BCUT2D eigenvalue weighted by Crippen LogP contribution is 2.08. The van der Waals surface area contributed by atoms with E-state index in [1.54, 1.807) is 30.7 Å². The average Bonchev–Trinajstić information content (AvgIpc) is 2.90. The summed E-state index contributed by atoms with van der Waals surface area (Å²) >= 11 is 0. The summed E-state index contributed by atoms with van der Waals surface area (Å²) < 4.78 is 5.09. The molecule has 18 heavy (non-hydrogen) atoms. The van der Waals surface area contributed by atoms with Crippen LogP contribution in [0.4, 0.5) is 0 Å². The van der Waals surface area contributed by atoms with Crippen LogP contribution in [0.25, 0.3) is 6.08 Å². The zero-order valence-corrected chi connectivity index (χ0v) is 10.0. The van der Waals surface area contributed by atoms with Crippen molar-refractivity contribution in [2.24, 2.45) is 0 Å². The summed E-state index contributed by atoms with van der Waals surface area (Å²) in [6.07, 6.45) is 6.34. The van der Waals surface area contributed by atoms with Gasteiger partial charge in [0.15, 0.2) is 0 Å². The van der Waals surface area contributed by atoms with Crippen molar-refractivity contribution in [1.82, 2.24) is 10.3 Å². The maximum atomic E-state index is 11.7. The van der Waals surface area contributed by atoms with Gasteiger partial charge in [-0.25, -0.2) is 0 Å². The zero-order valence-electron chi connectivity index (χ0n) is 10.0. The molecule has 2 rings (SSSR count). The molecule has 1 atom stereocenters. The van der Waals surface area contributed by atoms with Crippen LogP contribution in [0.5, 0.6) is 0 Å². The summed E-state index contributed by atoms with van der Waals surface area (Å²) in [6, 6.07) is 9.04. The van der Waals surface area contributed by atoms with Crippen molar-refractivity contribution in [1.29, 1.82) is 0 Å². The van der Waals surface area contributed by atoms with E-state index in [9.17, 15) is 4.79 Å². The van der Waals surface area contributed by atoms with Crippen LogP contribution in [0.3, 0.4) is 0 Å². The average molecular weight is 242 g/mol. The second-order valence-corrected chi connectivity index (χ2v) is 3.83. The number of nitrogens with zero attached hydrogens (tertiary/aromatic N) is 1. The van der Waals surface area contributed by atoms with Crippen molar-refractivity contribution in [2.75, 3.05) is 0 Å². The fraction of sp³-hybridized carbons (Fsp3) is 0.143. The molecule has 4 heteroatoms. The lowest BCUT2D eigenvalue weighted by Gasteiger charge is -2.11. The van der Waals surface area contributed by atoms with Crippen LogP contribution < -0.4 is 5.32 Å². The van der Waals surface area contributed by atoms with Gasteiger partial charge in [0.2, 0.25) is 5.91 Å². The molecule has 2 aromatic rings. The Morgan fingerprint density at radius 3 is 2.94 bits per heavy atom. The predicted molar refractivity (Wildman–Crippen MR) is 68.5 cm³/mol. The first kappa shape index (κ1) is 12.1. The summed E-state index contributed by atoms with van der Waals surface area (Å²) in [5.41, 5.74) is 0.831. The molecule has 92 valence electrons. The number of rotatable bonds is 4. The molecule has 0 saturated heterocycles. The third kappa shape index (κ3) is 3.31. The Bertz CT molecular complexity index is 518. The number of hydrogen-bond donors (Lipinski definition) is 1. The van der Waals surface area contributed by atoms with E-state index in [-0.39, 0.29) is 11.9 Å². The van der Waals surface area contributed by atoms with Gasteiger partial charge in [-0.05, 0) is 37.3 Å². The van der Waals surface area contributed by atoms with Crippen molar-refractivity contribution < 1.29 is 9.21 Å². The summed E-state index contributed by atoms with van der Waals surface area (Å²) in [7, 11) is 0. The molecule has 0 aromatic carbocycles. The van der Waals surface area contributed by atoms with Crippen LogP contribution in [0.1, 0.15) is 24.4 Å². The molecule has 4 nitrogen and oxygen atoms in total. The van der Waals surface area contributed by atoms with E-state index in [0.717, 1.165) is 5.69 Å². The molecule has 0 bridgehead atoms. The Morgan fingerprint density at radius 2 is 2.28 bits per heavy atom. The van der Waals surface area contributed by atoms with E-state index in [1.165, 1.54) is 6.08 Å². The molecular formula is C14H14N2O2. The van der Waals surface area contributed by atoms with E-state index in [0.29, 0.717) is 5.76 Å². The lowest BCUT2D eigenvalue weighted by molar-refractivity contribution is -0.117. The zero-order chi connectivity index (χ0) is 12.8. The van der Waals surface area contributed by atoms with Crippen LogP contribution in [0, 0.1) is 0 Å². The number of amides is 1. The molecule has 0 fully saturated rings. The van der Waals surface area contributed by atoms with Gasteiger partial charge in [-0.15, -0.1) is 0 Å². The Labute approximate surface area is 105 Å². The second-order valence-electron chi connectivity index (χ2n) is 3.83. The minimum Gasteiger partial charge on any atom is -0.465 e. The fourth-order valence-corrected chi connectivity index (χ4v) is 1.51. The lowest BCUT2D eigenvalue weighted by Crippen LogP contribution is -2.25. The molecule has 0 radical (unpaired) electrons. The summed E-state index contributed by atoms with van der Waals surface area (Å²) in [5, 5.41) is 2.83. The quantitative estimate of drug-likeness (QED) is 0.838. The highest BCUT2D eigenvalue weighted by Gasteiger charge is 2.07. The monoisotopic (exact) mass is 242 g/mol. The van der Waals surface area contributed by atoms with Gasteiger partial charge >= 0.3 is 0 Å². The normalized spacial score (nSPS) is 12.5. The smallest absolute Gasteiger partial charge is 0.244 e. The van der Waals surface area contributed by atoms with Gasteiger partial charge in [0.05, 0.1) is 18.0 Å². The lowest BCUT2D eigenvalue weighted by atomic mass is 10.2. The van der Waals surface area contributed by atoms with Crippen LogP contribution in [-0.2, 0) is 4.79 Å². The number of aromatic nitrogens is 1. The molecule has 2 aromatic heterocycles. The molecule has 0 aliphatic carbocycles. The molecular weight excluding hydrogens is 228 g/mol. The number of pyridine rings is 1. The highest BCUT2D eigenvalue weighted by atomic mass is 16.3. The van der Waals surface area contributed by atoms with Gasteiger partial charge in [0, 0.05) is 12.3 Å². The van der Waals surface area contributed by atoms with Crippen LogP contribution in [0.2, 0.25) is 0 Å². The third-order valence-electron chi connectivity index (χ3n) is 2.43. The van der Waals surface area contributed by atoms with Crippen molar-refractivity contribution in [3.8, 4) is 0 Å². The fourth-order valence-electron chi connectivity index (χ4n) is 1.51. The van der Waals surface area contributed by atoms with Crippen molar-refractivity contribution in [3.05, 3.63) is 60.3 Å². The summed E-state index contributed by atoms with van der Waals surface area (Å²) in [4.78, 5) is 15.8. The number of nitrogens with one attached hydrogen (secondary N) is 1. The van der Waals surface area contributed by atoms with Crippen LogP contribution in [-0.4, -0.2) is 10.9 Å². The largest absolute Gasteiger partial charge is 0.465 e. The number of carbonyl (C=O) groups is 1. The Hall–Kier alpha value is -2.36. The van der Waals surface area contributed by atoms with Gasteiger partial charge < -0.3 is 9.73 Å². The van der Waals surface area contributed by atoms with E-state index >= 15 is 0 Å². The van der Waals surface area contributed by atoms with E-state index in [4.69, 9.17) is 4.42 Å². The first-order valence-corrected chi connectivity index (χ1v) is 5.69. The Kier molecular flexibility index (Phi) is 3.91. The Morgan fingerprint density at radius 1 is 1.39 bits per heavy atom. The molecule has 1 amide bonds. The summed E-state index contributed by atoms with van der Waals surface area (Å²) in [5.74, 6) is 0.472. The SMILES string of the molecule is CC(NC(=O)/C=C/c1ccco1)c1ccccn1. The van der Waals surface area contributed by atoms with Gasteiger partial charge in [-0.2, -0.15) is 0 Å².